The van der Waals surface area contributed by atoms with Crippen molar-refractivity contribution in [3.05, 3.63) is 75.5 Å². The molecule has 0 saturated carbocycles. The zero-order valence-corrected chi connectivity index (χ0v) is 17.2. The second-order valence-electron chi connectivity index (χ2n) is 5.99. The van der Waals surface area contributed by atoms with E-state index in [4.69, 9.17) is 37.5 Å². The SMILES string of the molecule is CCOC(=O)c1cc(-c2ccc(/C=N\Nc3ccc(Cl)c(C(=O)O)c3)o2)ccc1Cl. The Balaban J connectivity index is 1.74. The van der Waals surface area contributed by atoms with E-state index in [9.17, 15) is 9.59 Å². The molecular formula is C21H16Cl2N2O5. The molecule has 0 aliphatic rings. The number of hydrazone groups is 1. The van der Waals surface area contributed by atoms with Crippen molar-refractivity contribution in [2.24, 2.45) is 5.10 Å². The molecule has 0 spiro atoms. The number of anilines is 1. The Hall–Kier alpha value is -3.29. The van der Waals surface area contributed by atoms with Crippen LogP contribution in [-0.4, -0.2) is 29.9 Å². The van der Waals surface area contributed by atoms with Gasteiger partial charge in [-0.1, -0.05) is 23.2 Å². The first-order chi connectivity index (χ1) is 14.4. The smallest absolute Gasteiger partial charge is 0.339 e. The fourth-order valence-electron chi connectivity index (χ4n) is 2.55. The number of nitrogens with one attached hydrogen (secondary N) is 1. The number of halogens is 2. The highest BCUT2D eigenvalue weighted by Gasteiger charge is 2.14. The number of aromatic carboxylic acids is 1. The summed E-state index contributed by atoms with van der Waals surface area (Å²) in [5.41, 5.74) is 4.05. The first-order valence-corrected chi connectivity index (χ1v) is 9.53. The lowest BCUT2D eigenvalue weighted by Crippen LogP contribution is -2.05. The molecule has 0 atom stereocenters. The Labute approximate surface area is 181 Å². The van der Waals surface area contributed by atoms with E-state index < -0.39 is 11.9 Å². The minimum absolute atomic E-state index is 0.0303. The van der Waals surface area contributed by atoms with Crippen LogP contribution in [0.1, 0.15) is 33.4 Å². The summed E-state index contributed by atoms with van der Waals surface area (Å²) < 4.78 is 10.7. The maximum absolute atomic E-state index is 12.0. The van der Waals surface area contributed by atoms with Crippen molar-refractivity contribution in [2.75, 3.05) is 12.0 Å². The summed E-state index contributed by atoms with van der Waals surface area (Å²) >= 11 is 11.9. The van der Waals surface area contributed by atoms with E-state index >= 15 is 0 Å². The number of rotatable bonds is 7. The average Bonchev–Trinajstić information content (AvgIpc) is 3.18. The number of carbonyl (C=O) groups is 2. The number of hydrogen-bond donors (Lipinski definition) is 2. The van der Waals surface area contributed by atoms with Gasteiger partial charge in [0.15, 0.2) is 0 Å². The fourth-order valence-corrected chi connectivity index (χ4v) is 2.94. The monoisotopic (exact) mass is 446 g/mol. The molecule has 30 heavy (non-hydrogen) atoms. The van der Waals surface area contributed by atoms with Crippen molar-refractivity contribution in [1.82, 2.24) is 0 Å². The molecular weight excluding hydrogens is 431 g/mol. The number of carbonyl (C=O) groups excluding carboxylic acids is 1. The topological polar surface area (TPSA) is 101 Å². The third-order valence-corrected chi connectivity index (χ3v) is 4.61. The Morgan fingerprint density at radius 3 is 2.57 bits per heavy atom. The normalized spacial score (nSPS) is 10.9. The highest BCUT2D eigenvalue weighted by molar-refractivity contribution is 6.34. The van der Waals surface area contributed by atoms with E-state index in [1.54, 1.807) is 43.3 Å². The average molecular weight is 447 g/mol. The van der Waals surface area contributed by atoms with Gasteiger partial charge in [0.25, 0.3) is 0 Å². The maximum atomic E-state index is 12.0. The van der Waals surface area contributed by atoms with E-state index in [2.05, 4.69) is 10.5 Å². The number of furan rings is 1. The summed E-state index contributed by atoms with van der Waals surface area (Å²) in [6.45, 7) is 1.96. The largest absolute Gasteiger partial charge is 0.478 e. The van der Waals surface area contributed by atoms with Crippen molar-refractivity contribution in [3.8, 4) is 11.3 Å². The molecule has 0 fully saturated rings. The van der Waals surface area contributed by atoms with Crippen LogP contribution in [0.25, 0.3) is 11.3 Å². The first kappa shape index (κ1) is 21.4. The van der Waals surface area contributed by atoms with Gasteiger partial charge in [0, 0.05) is 5.56 Å². The van der Waals surface area contributed by atoms with Crippen LogP contribution >= 0.6 is 23.2 Å². The van der Waals surface area contributed by atoms with Crippen LogP contribution in [0.4, 0.5) is 5.69 Å². The van der Waals surface area contributed by atoms with Crippen LogP contribution in [0.2, 0.25) is 10.0 Å². The first-order valence-electron chi connectivity index (χ1n) is 8.78. The zero-order chi connectivity index (χ0) is 21.7. The van der Waals surface area contributed by atoms with Crippen LogP contribution in [0.3, 0.4) is 0 Å². The lowest BCUT2D eigenvalue weighted by molar-refractivity contribution is 0.0526. The lowest BCUT2D eigenvalue weighted by atomic mass is 10.1. The molecule has 9 heteroatoms. The lowest BCUT2D eigenvalue weighted by Gasteiger charge is -2.06. The number of benzene rings is 2. The third-order valence-electron chi connectivity index (χ3n) is 3.96. The molecule has 7 nitrogen and oxygen atoms in total. The van der Waals surface area contributed by atoms with Gasteiger partial charge in [-0.2, -0.15) is 5.10 Å². The van der Waals surface area contributed by atoms with Gasteiger partial charge in [0.05, 0.1) is 39.7 Å². The molecule has 3 rings (SSSR count). The van der Waals surface area contributed by atoms with E-state index in [1.165, 1.54) is 18.3 Å². The van der Waals surface area contributed by atoms with Crippen LogP contribution in [0.5, 0.6) is 0 Å². The van der Waals surface area contributed by atoms with Gasteiger partial charge in [-0.25, -0.2) is 9.59 Å². The zero-order valence-electron chi connectivity index (χ0n) is 15.7. The minimum Gasteiger partial charge on any atom is -0.478 e. The molecule has 0 saturated heterocycles. The molecule has 2 N–H and O–H groups in total. The van der Waals surface area contributed by atoms with Crippen molar-refractivity contribution < 1.29 is 23.8 Å². The molecule has 1 heterocycles. The molecule has 0 bridgehead atoms. The van der Waals surface area contributed by atoms with Crippen LogP contribution in [0.15, 0.2) is 58.0 Å². The molecule has 0 amide bonds. The number of hydrogen-bond acceptors (Lipinski definition) is 6. The molecule has 2 aromatic carbocycles. The van der Waals surface area contributed by atoms with E-state index in [0.29, 0.717) is 27.8 Å². The van der Waals surface area contributed by atoms with Gasteiger partial charge >= 0.3 is 11.9 Å². The number of ether oxygens (including phenoxy) is 1. The van der Waals surface area contributed by atoms with Crippen molar-refractivity contribution in [3.63, 3.8) is 0 Å². The van der Waals surface area contributed by atoms with Crippen LogP contribution < -0.4 is 5.43 Å². The Morgan fingerprint density at radius 1 is 1.10 bits per heavy atom. The molecule has 1 aromatic heterocycles. The van der Waals surface area contributed by atoms with Crippen molar-refractivity contribution in [2.45, 2.75) is 6.92 Å². The van der Waals surface area contributed by atoms with Gasteiger partial charge in [0.1, 0.15) is 11.5 Å². The summed E-state index contributed by atoms with van der Waals surface area (Å²) in [4.78, 5) is 23.1. The molecule has 0 unspecified atom stereocenters. The van der Waals surface area contributed by atoms with Crippen molar-refractivity contribution in [1.29, 1.82) is 0 Å². The van der Waals surface area contributed by atoms with Gasteiger partial charge < -0.3 is 14.3 Å². The molecule has 3 aromatic rings. The maximum Gasteiger partial charge on any atom is 0.339 e. The van der Waals surface area contributed by atoms with E-state index in [0.717, 1.165) is 0 Å². The Morgan fingerprint density at radius 2 is 1.83 bits per heavy atom. The second-order valence-corrected chi connectivity index (χ2v) is 6.80. The summed E-state index contributed by atoms with van der Waals surface area (Å²) in [7, 11) is 0. The van der Waals surface area contributed by atoms with E-state index in [-0.39, 0.29) is 22.8 Å². The standard InChI is InChI=1S/C21H16Cl2N2O5/c1-2-29-21(28)16-9-12(3-6-18(16)23)19-8-5-14(30-19)11-24-25-13-4-7-17(22)15(10-13)20(26)27/h3-11,25H,2H2,1H3,(H,26,27)/b24-11-. The summed E-state index contributed by atoms with van der Waals surface area (Å²) in [6.07, 6.45) is 1.43. The number of carboxylic acids is 1. The fraction of sp³-hybridized carbons (Fsp3) is 0.0952. The molecule has 0 radical (unpaired) electrons. The van der Waals surface area contributed by atoms with Gasteiger partial charge in [-0.05, 0) is 55.5 Å². The molecule has 154 valence electrons. The predicted molar refractivity (Wildman–Crippen MR) is 115 cm³/mol. The summed E-state index contributed by atoms with van der Waals surface area (Å²) in [6, 6.07) is 12.8. The van der Waals surface area contributed by atoms with Crippen LogP contribution in [0, 0.1) is 0 Å². The van der Waals surface area contributed by atoms with Gasteiger partial charge in [-0.15, -0.1) is 0 Å². The Kier molecular flexibility index (Phi) is 6.76. The number of carboxylic acid groups (broad SMARTS) is 1. The van der Waals surface area contributed by atoms with Gasteiger partial charge in [-0.3, -0.25) is 5.43 Å². The van der Waals surface area contributed by atoms with Crippen LogP contribution in [-0.2, 0) is 4.74 Å². The summed E-state index contributed by atoms with van der Waals surface area (Å²) in [5.74, 6) is -0.685. The Bertz CT molecular complexity index is 1120. The highest BCUT2D eigenvalue weighted by Crippen LogP contribution is 2.27. The molecule has 0 aliphatic carbocycles. The highest BCUT2D eigenvalue weighted by atomic mass is 35.5. The minimum atomic E-state index is -1.13. The number of esters is 1. The third kappa shape index (κ3) is 5.00. The quantitative estimate of drug-likeness (QED) is 0.279. The van der Waals surface area contributed by atoms with E-state index in [1.807, 2.05) is 0 Å². The molecule has 0 aliphatic heterocycles. The van der Waals surface area contributed by atoms with Crippen molar-refractivity contribution >= 4 is 47.0 Å². The second kappa shape index (κ2) is 9.47. The summed E-state index contributed by atoms with van der Waals surface area (Å²) in [5, 5.41) is 13.6. The van der Waals surface area contributed by atoms with Gasteiger partial charge in [0.2, 0.25) is 0 Å². The predicted octanol–water partition coefficient (Wildman–Crippen LogP) is 5.57. The number of nitrogens with zero attached hydrogens (tertiary/aromatic N) is 1.